The van der Waals surface area contributed by atoms with Crippen molar-refractivity contribution in [2.75, 3.05) is 26.3 Å². The van der Waals surface area contributed by atoms with Gasteiger partial charge in [0.2, 0.25) is 0 Å². The molecule has 0 radical (unpaired) electrons. The van der Waals surface area contributed by atoms with Crippen molar-refractivity contribution in [2.24, 2.45) is 0 Å². The van der Waals surface area contributed by atoms with E-state index in [-0.39, 0.29) is 0 Å². The molecule has 1 rings (SSSR count). The lowest BCUT2D eigenvalue weighted by Gasteiger charge is -2.23. The van der Waals surface area contributed by atoms with Gasteiger partial charge in [0, 0.05) is 18.5 Å². The number of nitrogens with zero attached hydrogens (tertiary/aromatic N) is 1. The van der Waals surface area contributed by atoms with Gasteiger partial charge in [0.25, 0.3) is 0 Å². The highest BCUT2D eigenvalue weighted by molar-refractivity contribution is 7.85. The first kappa shape index (κ1) is 10.6. The monoisotopic (exact) mass is 201 g/mol. The quantitative estimate of drug-likeness (QED) is 0.639. The third-order valence-electron chi connectivity index (χ3n) is 1.69. The van der Waals surface area contributed by atoms with E-state index >= 15 is 0 Å². The van der Waals surface area contributed by atoms with Gasteiger partial charge in [0.1, 0.15) is 11.0 Å². The Morgan fingerprint density at radius 1 is 1.54 bits per heavy atom. The number of morpholine rings is 1. The molecule has 0 aromatic heterocycles. The van der Waals surface area contributed by atoms with E-state index in [0.29, 0.717) is 13.2 Å². The Morgan fingerprint density at radius 3 is 2.69 bits per heavy atom. The summed E-state index contributed by atoms with van der Waals surface area (Å²) in [4.78, 5) is 0. The number of allylic oxidation sites excluding steroid dienone is 2. The second-order valence-electron chi connectivity index (χ2n) is 2.97. The smallest absolute Gasteiger partial charge is 0.120 e. The number of hydrogen-bond acceptors (Lipinski definition) is 2. The lowest BCUT2D eigenvalue weighted by Crippen LogP contribution is -2.36. The van der Waals surface area contributed by atoms with Gasteiger partial charge in [0.05, 0.1) is 13.2 Å². The van der Waals surface area contributed by atoms with Crippen molar-refractivity contribution in [3.63, 3.8) is 0 Å². The predicted octanol–water partition coefficient (Wildman–Crippen LogP) is 1.07. The maximum atomic E-state index is 11.6. The van der Waals surface area contributed by atoms with E-state index < -0.39 is 11.0 Å². The number of hydrogen-bond donors (Lipinski definition) is 0. The topological polar surface area (TPSA) is 29.5 Å². The average molecular weight is 201 g/mol. The van der Waals surface area contributed by atoms with E-state index in [1.165, 1.54) is 0 Å². The SMILES string of the molecule is C=C(C)/C=C/S(=O)N1CCOCC1. The molecule has 4 heteroatoms. The van der Waals surface area contributed by atoms with Crippen LogP contribution in [0, 0.1) is 0 Å². The minimum absolute atomic E-state index is 0.673. The molecule has 0 aromatic rings. The summed E-state index contributed by atoms with van der Waals surface area (Å²) in [6.45, 7) is 8.42. The van der Waals surface area contributed by atoms with E-state index in [1.54, 1.807) is 11.5 Å². The van der Waals surface area contributed by atoms with Crippen molar-refractivity contribution in [1.29, 1.82) is 0 Å². The Balaban J connectivity index is 2.41. The molecule has 0 aliphatic carbocycles. The lowest BCUT2D eigenvalue weighted by atomic mass is 10.4. The van der Waals surface area contributed by atoms with Crippen molar-refractivity contribution in [3.05, 3.63) is 23.6 Å². The zero-order valence-corrected chi connectivity index (χ0v) is 8.68. The molecule has 1 heterocycles. The van der Waals surface area contributed by atoms with Crippen LogP contribution in [0.1, 0.15) is 6.92 Å². The van der Waals surface area contributed by atoms with Crippen LogP contribution in [0.25, 0.3) is 0 Å². The zero-order chi connectivity index (χ0) is 9.68. The lowest BCUT2D eigenvalue weighted by molar-refractivity contribution is 0.0756. The standard InChI is InChI=1S/C9H15NO2S/c1-9(2)3-8-13(11)10-4-6-12-7-5-10/h3,8H,1,4-7H2,2H3/b8-3+. The summed E-state index contributed by atoms with van der Waals surface area (Å²) in [5, 5.41) is 1.67. The molecule has 1 unspecified atom stereocenters. The van der Waals surface area contributed by atoms with Crippen molar-refractivity contribution in [3.8, 4) is 0 Å². The largest absolute Gasteiger partial charge is 0.379 e. The highest BCUT2D eigenvalue weighted by Gasteiger charge is 2.13. The minimum Gasteiger partial charge on any atom is -0.379 e. The van der Waals surface area contributed by atoms with Gasteiger partial charge in [-0.05, 0) is 13.0 Å². The summed E-state index contributed by atoms with van der Waals surface area (Å²) in [6, 6.07) is 0. The van der Waals surface area contributed by atoms with Gasteiger partial charge in [-0.2, -0.15) is 0 Å². The van der Waals surface area contributed by atoms with Crippen molar-refractivity contribution in [1.82, 2.24) is 4.31 Å². The zero-order valence-electron chi connectivity index (χ0n) is 7.86. The average Bonchev–Trinajstić information content (AvgIpc) is 2.15. The van der Waals surface area contributed by atoms with E-state index in [4.69, 9.17) is 4.74 Å². The Morgan fingerprint density at radius 2 is 2.15 bits per heavy atom. The maximum absolute atomic E-state index is 11.6. The first-order chi connectivity index (χ1) is 6.20. The minimum atomic E-state index is -1.02. The molecule has 0 amide bonds. The molecule has 0 aromatic carbocycles. The Kier molecular flexibility index (Phi) is 4.35. The highest BCUT2D eigenvalue weighted by Crippen LogP contribution is 2.03. The van der Waals surface area contributed by atoms with E-state index in [2.05, 4.69) is 6.58 Å². The summed E-state index contributed by atoms with van der Waals surface area (Å²) >= 11 is 0. The van der Waals surface area contributed by atoms with Gasteiger partial charge in [-0.15, -0.1) is 0 Å². The first-order valence-corrected chi connectivity index (χ1v) is 5.44. The van der Waals surface area contributed by atoms with Gasteiger partial charge in [-0.1, -0.05) is 12.2 Å². The summed E-state index contributed by atoms with van der Waals surface area (Å²) < 4.78 is 18.6. The molecule has 0 N–H and O–H groups in total. The fraction of sp³-hybridized carbons (Fsp3) is 0.556. The molecule has 1 saturated heterocycles. The molecule has 1 atom stereocenters. The Bertz CT molecular complexity index is 232. The van der Waals surface area contributed by atoms with Gasteiger partial charge < -0.3 is 4.74 Å². The Labute approximate surface area is 81.7 Å². The maximum Gasteiger partial charge on any atom is 0.120 e. The van der Waals surface area contributed by atoms with Crippen molar-refractivity contribution < 1.29 is 8.95 Å². The van der Waals surface area contributed by atoms with Crippen LogP contribution >= 0.6 is 0 Å². The van der Waals surface area contributed by atoms with Crippen LogP contribution in [-0.2, 0) is 15.7 Å². The van der Waals surface area contributed by atoms with Gasteiger partial charge in [-0.25, -0.2) is 8.51 Å². The molecule has 1 aliphatic rings. The third-order valence-corrected chi connectivity index (χ3v) is 2.94. The molecule has 0 bridgehead atoms. The van der Waals surface area contributed by atoms with Crippen LogP contribution < -0.4 is 0 Å². The molecule has 0 saturated carbocycles. The van der Waals surface area contributed by atoms with Crippen LogP contribution in [0.4, 0.5) is 0 Å². The summed E-state index contributed by atoms with van der Waals surface area (Å²) in [5.41, 5.74) is 0.918. The number of rotatable bonds is 3. The second-order valence-corrected chi connectivity index (χ2v) is 4.31. The van der Waals surface area contributed by atoms with Crippen LogP contribution in [0.5, 0.6) is 0 Å². The molecule has 74 valence electrons. The molecule has 1 fully saturated rings. The van der Waals surface area contributed by atoms with Crippen LogP contribution in [0.2, 0.25) is 0 Å². The van der Waals surface area contributed by atoms with Crippen LogP contribution in [0.3, 0.4) is 0 Å². The van der Waals surface area contributed by atoms with E-state index in [9.17, 15) is 4.21 Å². The molecule has 0 spiro atoms. The first-order valence-electron chi connectivity index (χ1n) is 4.27. The second kappa shape index (κ2) is 5.32. The normalized spacial score (nSPS) is 21.9. The molecular formula is C9H15NO2S. The van der Waals surface area contributed by atoms with Gasteiger partial charge in [-0.3, -0.25) is 0 Å². The summed E-state index contributed by atoms with van der Waals surface area (Å²) in [5.74, 6) is 0. The number of ether oxygens (including phenoxy) is 1. The summed E-state index contributed by atoms with van der Waals surface area (Å²) in [7, 11) is -1.02. The van der Waals surface area contributed by atoms with E-state index in [1.807, 2.05) is 11.2 Å². The Hall–Kier alpha value is -0.450. The van der Waals surface area contributed by atoms with Crippen molar-refractivity contribution >= 4 is 11.0 Å². The van der Waals surface area contributed by atoms with Gasteiger partial charge >= 0.3 is 0 Å². The van der Waals surface area contributed by atoms with E-state index in [0.717, 1.165) is 18.7 Å². The van der Waals surface area contributed by atoms with Crippen LogP contribution in [0.15, 0.2) is 23.6 Å². The fourth-order valence-corrected chi connectivity index (χ4v) is 2.02. The predicted molar refractivity (Wildman–Crippen MR) is 54.5 cm³/mol. The summed E-state index contributed by atoms with van der Waals surface area (Å²) in [6.07, 6.45) is 1.78. The van der Waals surface area contributed by atoms with Gasteiger partial charge in [0.15, 0.2) is 0 Å². The molecule has 3 nitrogen and oxygen atoms in total. The molecular weight excluding hydrogens is 186 g/mol. The fourth-order valence-electron chi connectivity index (χ4n) is 0.987. The van der Waals surface area contributed by atoms with Crippen molar-refractivity contribution in [2.45, 2.75) is 6.92 Å². The molecule has 13 heavy (non-hydrogen) atoms. The molecule has 1 aliphatic heterocycles. The third kappa shape index (κ3) is 3.85. The highest BCUT2D eigenvalue weighted by atomic mass is 32.2. The van der Waals surface area contributed by atoms with Crippen LogP contribution in [-0.4, -0.2) is 34.8 Å².